The molecule has 0 aliphatic rings. The standard InChI is InChI=1S/C15H24N2O3/c1-10(2)20-13-6-5-12(7-14(13)19-4)15(18)17-9-11(3)8-16/h5-7,10-11H,8-9,16H2,1-4H3,(H,17,18). The van der Waals surface area contributed by atoms with E-state index in [1.807, 2.05) is 20.8 Å². The predicted molar refractivity (Wildman–Crippen MR) is 79.3 cm³/mol. The molecule has 0 saturated heterocycles. The predicted octanol–water partition coefficient (Wildman–Crippen LogP) is 1.81. The maximum Gasteiger partial charge on any atom is 0.251 e. The lowest BCUT2D eigenvalue weighted by atomic mass is 10.1. The first kappa shape index (κ1) is 16.3. The first-order chi connectivity index (χ1) is 9.47. The van der Waals surface area contributed by atoms with Crippen LogP contribution in [0.1, 0.15) is 31.1 Å². The fourth-order valence-corrected chi connectivity index (χ4v) is 1.61. The lowest BCUT2D eigenvalue weighted by Gasteiger charge is -2.15. The lowest BCUT2D eigenvalue weighted by Crippen LogP contribution is -2.31. The van der Waals surface area contributed by atoms with Gasteiger partial charge in [-0.05, 0) is 44.5 Å². The molecular formula is C15H24N2O3. The summed E-state index contributed by atoms with van der Waals surface area (Å²) in [6.45, 7) is 6.97. The number of benzene rings is 1. The lowest BCUT2D eigenvalue weighted by molar-refractivity contribution is 0.0948. The van der Waals surface area contributed by atoms with E-state index in [1.54, 1.807) is 25.3 Å². The van der Waals surface area contributed by atoms with Gasteiger partial charge < -0.3 is 20.5 Å². The van der Waals surface area contributed by atoms with Gasteiger partial charge in [-0.25, -0.2) is 0 Å². The molecule has 0 aromatic heterocycles. The van der Waals surface area contributed by atoms with Crippen LogP contribution >= 0.6 is 0 Å². The van der Waals surface area contributed by atoms with Crippen molar-refractivity contribution >= 4 is 5.91 Å². The van der Waals surface area contributed by atoms with Crippen LogP contribution in [0, 0.1) is 5.92 Å². The number of rotatable bonds is 7. The number of amides is 1. The quantitative estimate of drug-likeness (QED) is 0.799. The van der Waals surface area contributed by atoms with Gasteiger partial charge >= 0.3 is 0 Å². The second-order valence-electron chi connectivity index (χ2n) is 5.08. The molecule has 1 unspecified atom stereocenters. The Balaban J connectivity index is 2.78. The molecule has 0 fully saturated rings. The molecule has 0 bridgehead atoms. The van der Waals surface area contributed by atoms with Crippen LogP contribution in [-0.4, -0.2) is 32.2 Å². The van der Waals surface area contributed by atoms with Crippen LogP contribution in [0.15, 0.2) is 18.2 Å². The van der Waals surface area contributed by atoms with Crippen molar-refractivity contribution in [1.29, 1.82) is 0 Å². The van der Waals surface area contributed by atoms with Crippen molar-refractivity contribution in [1.82, 2.24) is 5.32 Å². The average molecular weight is 280 g/mol. The first-order valence-electron chi connectivity index (χ1n) is 6.80. The van der Waals surface area contributed by atoms with Gasteiger partial charge in [0.25, 0.3) is 5.91 Å². The van der Waals surface area contributed by atoms with Gasteiger partial charge in [0, 0.05) is 12.1 Å². The van der Waals surface area contributed by atoms with E-state index in [2.05, 4.69) is 5.32 Å². The topological polar surface area (TPSA) is 73.6 Å². The van der Waals surface area contributed by atoms with E-state index in [0.29, 0.717) is 30.2 Å². The summed E-state index contributed by atoms with van der Waals surface area (Å²) in [4.78, 5) is 12.0. The van der Waals surface area contributed by atoms with Crippen molar-refractivity contribution in [3.05, 3.63) is 23.8 Å². The molecular weight excluding hydrogens is 256 g/mol. The highest BCUT2D eigenvalue weighted by Crippen LogP contribution is 2.28. The van der Waals surface area contributed by atoms with E-state index in [0.717, 1.165) is 0 Å². The van der Waals surface area contributed by atoms with Crippen LogP contribution in [0.3, 0.4) is 0 Å². The van der Waals surface area contributed by atoms with Crippen LogP contribution in [0.2, 0.25) is 0 Å². The minimum atomic E-state index is -0.139. The molecule has 0 radical (unpaired) electrons. The summed E-state index contributed by atoms with van der Waals surface area (Å²) in [7, 11) is 1.56. The van der Waals surface area contributed by atoms with E-state index in [-0.39, 0.29) is 17.9 Å². The van der Waals surface area contributed by atoms with Gasteiger partial charge in [-0.15, -0.1) is 0 Å². The van der Waals surface area contributed by atoms with Crippen LogP contribution in [-0.2, 0) is 0 Å². The van der Waals surface area contributed by atoms with Crippen molar-refractivity contribution in [2.24, 2.45) is 11.7 Å². The highest BCUT2D eigenvalue weighted by molar-refractivity contribution is 5.94. The zero-order chi connectivity index (χ0) is 15.1. The molecule has 0 heterocycles. The zero-order valence-electron chi connectivity index (χ0n) is 12.6. The Morgan fingerprint density at radius 3 is 2.55 bits per heavy atom. The Bertz CT molecular complexity index is 447. The highest BCUT2D eigenvalue weighted by Gasteiger charge is 2.12. The third-order valence-electron chi connectivity index (χ3n) is 2.80. The molecule has 0 aliphatic carbocycles. The SMILES string of the molecule is COc1cc(C(=O)NCC(C)CN)ccc1OC(C)C. The maximum absolute atomic E-state index is 12.0. The molecule has 3 N–H and O–H groups in total. The third kappa shape index (κ3) is 4.74. The van der Waals surface area contributed by atoms with Gasteiger partial charge in [0.2, 0.25) is 0 Å². The molecule has 0 aliphatic heterocycles. The van der Waals surface area contributed by atoms with E-state index in [4.69, 9.17) is 15.2 Å². The Hall–Kier alpha value is -1.75. The second kappa shape index (κ2) is 7.75. The molecule has 5 heteroatoms. The second-order valence-corrected chi connectivity index (χ2v) is 5.08. The van der Waals surface area contributed by atoms with Gasteiger partial charge in [-0.3, -0.25) is 4.79 Å². The number of methoxy groups -OCH3 is 1. The highest BCUT2D eigenvalue weighted by atomic mass is 16.5. The number of nitrogens with one attached hydrogen (secondary N) is 1. The largest absolute Gasteiger partial charge is 0.493 e. The number of hydrogen-bond donors (Lipinski definition) is 2. The van der Waals surface area contributed by atoms with E-state index >= 15 is 0 Å². The molecule has 1 aromatic carbocycles. The fraction of sp³-hybridized carbons (Fsp3) is 0.533. The molecule has 0 spiro atoms. The van der Waals surface area contributed by atoms with Crippen molar-refractivity contribution in [3.63, 3.8) is 0 Å². The number of ether oxygens (including phenoxy) is 2. The van der Waals surface area contributed by atoms with Gasteiger partial charge in [0.15, 0.2) is 11.5 Å². The molecule has 112 valence electrons. The molecule has 1 rings (SSSR count). The molecule has 0 saturated carbocycles. The summed E-state index contributed by atoms with van der Waals surface area (Å²) in [6.07, 6.45) is 0.0500. The zero-order valence-corrected chi connectivity index (χ0v) is 12.6. The van der Waals surface area contributed by atoms with Gasteiger partial charge in [-0.1, -0.05) is 6.92 Å². The summed E-state index contributed by atoms with van der Waals surface area (Å²) in [5.41, 5.74) is 6.06. The fourth-order valence-electron chi connectivity index (χ4n) is 1.61. The van der Waals surface area contributed by atoms with E-state index in [9.17, 15) is 4.79 Å². The molecule has 1 amide bonds. The Labute approximate surface area is 120 Å². The van der Waals surface area contributed by atoms with Crippen molar-refractivity contribution in [3.8, 4) is 11.5 Å². The Morgan fingerprint density at radius 2 is 2.00 bits per heavy atom. The van der Waals surface area contributed by atoms with Crippen LogP contribution in [0.5, 0.6) is 11.5 Å². The molecule has 5 nitrogen and oxygen atoms in total. The molecule has 1 aromatic rings. The summed E-state index contributed by atoms with van der Waals surface area (Å²) >= 11 is 0. The molecule has 20 heavy (non-hydrogen) atoms. The Morgan fingerprint density at radius 1 is 1.30 bits per heavy atom. The first-order valence-corrected chi connectivity index (χ1v) is 6.80. The number of carbonyl (C=O) groups excluding carboxylic acids is 1. The van der Waals surface area contributed by atoms with Crippen LogP contribution in [0.25, 0.3) is 0 Å². The van der Waals surface area contributed by atoms with Crippen molar-refractivity contribution in [2.45, 2.75) is 26.9 Å². The van der Waals surface area contributed by atoms with Gasteiger partial charge in [-0.2, -0.15) is 0 Å². The van der Waals surface area contributed by atoms with Gasteiger partial charge in [0.1, 0.15) is 0 Å². The maximum atomic E-state index is 12.0. The van der Waals surface area contributed by atoms with Crippen molar-refractivity contribution in [2.75, 3.05) is 20.2 Å². The average Bonchev–Trinajstić information content (AvgIpc) is 2.44. The van der Waals surface area contributed by atoms with Crippen LogP contribution in [0.4, 0.5) is 0 Å². The van der Waals surface area contributed by atoms with E-state index < -0.39 is 0 Å². The Kier molecular flexibility index (Phi) is 6.31. The minimum Gasteiger partial charge on any atom is -0.493 e. The summed E-state index contributed by atoms with van der Waals surface area (Å²) < 4.78 is 10.9. The number of hydrogen-bond acceptors (Lipinski definition) is 4. The summed E-state index contributed by atoms with van der Waals surface area (Å²) in [6, 6.07) is 5.16. The number of nitrogens with two attached hydrogens (primary N) is 1. The van der Waals surface area contributed by atoms with Crippen LogP contribution < -0.4 is 20.5 Å². The summed E-state index contributed by atoms with van der Waals surface area (Å²) in [5.74, 6) is 1.30. The third-order valence-corrected chi connectivity index (χ3v) is 2.80. The molecule has 1 atom stereocenters. The number of carbonyl (C=O) groups is 1. The smallest absolute Gasteiger partial charge is 0.251 e. The summed E-state index contributed by atoms with van der Waals surface area (Å²) in [5, 5.41) is 2.85. The van der Waals surface area contributed by atoms with E-state index in [1.165, 1.54) is 0 Å². The minimum absolute atomic E-state index is 0.0500. The van der Waals surface area contributed by atoms with Crippen molar-refractivity contribution < 1.29 is 14.3 Å². The van der Waals surface area contributed by atoms with Gasteiger partial charge in [0.05, 0.1) is 13.2 Å². The normalized spacial score (nSPS) is 12.1. The monoisotopic (exact) mass is 280 g/mol.